The molecule has 0 bridgehead atoms. The van der Waals surface area contributed by atoms with E-state index in [1.165, 1.54) is 13.0 Å². The number of nitrogens with one attached hydrogen (secondary N) is 1. The van der Waals surface area contributed by atoms with E-state index < -0.39 is 59.7 Å². The number of allylic oxidation sites excluding steroid dienone is 1. The maximum atomic E-state index is 13.5. The molecule has 0 saturated carbocycles. The Labute approximate surface area is 202 Å². The third kappa shape index (κ3) is 4.54. The molecule has 0 heterocycles. The molecule has 0 saturated heterocycles. The van der Waals surface area contributed by atoms with E-state index in [9.17, 15) is 39.6 Å². The van der Waals surface area contributed by atoms with Gasteiger partial charge in [0.1, 0.15) is 11.5 Å². The quantitative estimate of drug-likeness (QED) is 0.257. The standard InChI is InChI=1S/C24H31N3O8/c1-11(29)26-9-12-4-5-17(30)21-14(12)6-13-7-15(16(10-28)27(2)3)24(35,18(31)8-19(25)32)23(34)20(13)22(21)33/h4-5,13,15-16,28,30,34-35H,6-10H2,1-3H3,(H2,25,32)(H,26,29)/t13-,15-,16+,24+/m0/s1. The van der Waals surface area contributed by atoms with Crippen LogP contribution in [0, 0.1) is 11.8 Å². The lowest BCUT2D eigenvalue weighted by Gasteiger charge is -2.47. The van der Waals surface area contributed by atoms with Gasteiger partial charge in [0.2, 0.25) is 11.8 Å². The number of aromatic hydroxyl groups is 1. The average molecular weight is 490 g/mol. The van der Waals surface area contributed by atoms with Crippen molar-refractivity contribution in [2.45, 2.75) is 44.4 Å². The summed E-state index contributed by atoms with van der Waals surface area (Å²) in [6, 6.07) is 2.09. The molecule has 2 amide bonds. The number of phenolic OH excluding ortho intramolecular Hbond substituents is 1. The van der Waals surface area contributed by atoms with Gasteiger partial charge in [-0.15, -0.1) is 0 Å². The Kier molecular flexibility index (Phi) is 7.34. The molecule has 2 aliphatic carbocycles. The zero-order valence-electron chi connectivity index (χ0n) is 19.9. The van der Waals surface area contributed by atoms with Gasteiger partial charge in [0, 0.05) is 31.0 Å². The van der Waals surface area contributed by atoms with Gasteiger partial charge in [0.25, 0.3) is 0 Å². The number of phenols is 1. The second kappa shape index (κ2) is 9.76. The molecule has 11 heteroatoms. The van der Waals surface area contributed by atoms with Crippen molar-refractivity contribution in [3.8, 4) is 5.75 Å². The van der Waals surface area contributed by atoms with Crippen LogP contribution in [0.4, 0.5) is 0 Å². The largest absolute Gasteiger partial charge is 0.508 e. The van der Waals surface area contributed by atoms with Crippen molar-refractivity contribution in [2.24, 2.45) is 17.6 Å². The first kappa shape index (κ1) is 26.3. The van der Waals surface area contributed by atoms with Crippen LogP contribution in [-0.4, -0.2) is 81.1 Å². The second-order valence-electron chi connectivity index (χ2n) is 9.39. The van der Waals surface area contributed by atoms with Crippen LogP contribution in [0.2, 0.25) is 0 Å². The van der Waals surface area contributed by atoms with Crippen molar-refractivity contribution >= 4 is 23.4 Å². The van der Waals surface area contributed by atoms with Gasteiger partial charge >= 0.3 is 0 Å². The topological polar surface area (TPSA) is 190 Å². The first-order chi connectivity index (χ1) is 16.3. The summed E-state index contributed by atoms with van der Waals surface area (Å²) < 4.78 is 0. The van der Waals surface area contributed by atoms with Gasteiger partial charge in [0.15, 0.2) is 17.2 Å². The van der Waals surface area contributed by atoms with Gasteiger partial charge in [-0.1, -0.05) is 6.07 Å². The summed E-state index contributed by atoms with van der Waals surface area (Å²) >= 11 is 0. The molecule has 2 aliphatic rings. The lowest BCUT2D eigenvalue weighted by molar-refractivity contribution is -0.151. The fourth-order valence-electron chi connectivity index (χ4n) is 5.30. The Balaban J connectivity index is 2.21. The SMILES string of the molecule is CC(=O)NCc1ccc(O)c2c1C[C@H]1C[C@@H]([C@@H](CO)N(C)C)[C@@](O)(C(=O)CC(N)=O)C(O)=C1C2=O. The third-order valence-corrected chi connectivity index (χ3v) is 7.01. The van der Waals surface area contributed by atoms with E-state index in [1.54, 1.807) is 25.1 Å². The molecule has 0 spiro atoms. The van der Waals surface area contributed by atoms with Crippen LogP contribution in [0.1, 0.15) is 41.3 Å². The molecule has 4 atom stereocenters. The number of Topliss-reactive ketones (excluding diaryl/α,β-unsaturated/α-hetero) is 2. The number of aliphatic hydroxyl groups excluding tert-OH is 2. The van der Waals surface area contributed by atoms with E-state index in [2.05, 4.69) is 5.32 Å². The first-order valence-corrected chi connectivity index (χ1v) is 11.2. The van der Waals surface area contributed by atoms with E-state index in [-0.39, 0.29) is 42.2 Å². The number of carbonyl (C=O) groups is 4. The highest BCUT2D eigenvalue weighted by atomic mass is 16.3. The second-order valence-corrected chi connectivity index (χ2v) is 9.39. The zero-order chi connectivity index (χ0) is 26.2. The molecule has 190 valence electrons. The van der Waals surface area contributed by atoms with Gasteiger partial charge in [0.05, 0.1) is 18.6 Å². The van der Waals surface area contributed by atoms with Crippen molar-refractivity contribution in [1.82, 2.24) is 10.2 Å². The lowest BCUT2D eigenvalue weighted by atomic mass is 9.61. The number of hydrogen-bond donors (Lipinski definition) is 6. The molecule has 35 heavy (non-hydrogen) atoms. The Morgan fingerprint density at radius 2 is 1.91 bits per heavy atom. The third-order valence-electron chi connectivity index (χ3n) is 7.01. The minimum absolute atomic E-state index is 0.0181. The van der Waals surface area contributed by atoms with Gasteiger partial charge < -0.3 is 36.4 Å². The van der Waals surface area contributed by atoms with E-state index in [1.807, 2.05) is 0 Å². The van der Waals surface area contributed by atoms with Gasteiger partial charge in [-0.05, 0) is 50.0 Å². The fourth-order valence-corrected chi connectivity index (χ4v) is 5.30. The Morgan fingerprint density at radius 3 is 2.46 bits per heavy atom. The number of likely N-dealkylation sites (N-methyl/N-ethyl adjacent to an activating group) is 1. The number of amides is 2. The summed E-state index contributed by atoms with van der Waals surface area (Å²) in [5, 5.41) is 46.0. The number of benzene rings is 1. The van der Waals surface area contributed by atoms with Crippen LogP contribution < -0.4 is 11.1 Å². The van der Waals surface area contributed by atoms with Crippen molar-refractivity contribution in [3.63, 3.8) is 0 Å². The van der Waals surface area contributed by atoms with E-state index >= 15 is 0 Å². The van der Waals surface area contributed by atoms with E-state index in [0.29, 0.717) is 11.1 Å². The summed E-state index contributed by atoms with van der Waals surface area (Å²) in [6.07, 6.45) is -0.687. The number of fused-ring (bicyclic) bond motifs is 2. The number of rotatable bonds is 8. The van der Waals surface area contributed by atoms with Gasteiger partial charge in [-0.25, -0.2) is 0 Å². The smallest absolute Gasteiger partial charge is 0.225 e. The van der Waals surface area contributed by atoms with Crippen LogP contribution in [-0.2, 0) is 27.3 Å². The molecular weight excluding hydrogens is 458 g/mol. The average Bonchev–Trinajstić information content (AvgIpc) is 2.75. The maximum Gasteiger partial charge on any atom is 0.225 e. The van der Waals surface area contributed by atoms with Crippen molar-refractivity contribution in [2.75, 3.05) is 20.7 Å². The van der Waals surface area contributed by atoms with Crippen molar-refractivity contribution in [1.29, 1.82) is 0 Å². The maximum absolute atomic E-state index is 13.5. The molecule has 0 fully saturated rings. The highest BCUT2D eigenvalue weighted by Crippen LogP contribution is 2.49. The lowest BCUT2D eigenvalue weighted by Crippen LogP contribution is -2.60. The van der Waals surface area contributed by atoms with Crippen LogP contribution >= 0.6 is 0 Å². The molecule has 1 aromatic carbocycles. The molecule has 3 rings (SSSR count). The highest BCUT2D eigenvalue weighted by molar-refractivity contribution is 6.15. The number of nitrogens with zero attached hydrogens (tertiary/aromatic N) is 1. The summed E-state index contributed by atoms with van der Waals surface area (Å²) in [5.41, 5.74) is 3.31. The Morgan fingerprint density at radius 1 is 1.26 bits per heavy atom. The predicted octanol–water partition coefficient (Wildman–Crippen LogP) is -0.687. The van der Waals surface area contributed by atoms with Crippen LogP contribution in [0.5, 0.6) is 5.75 Å². The molecule has 0 unspecified atom stereocenters. The molecule has 0 aromatic heterocycles. The minimum Gasteiger partial charge on any atom is -0.508 e. The molecule has 0 aliphatic heterocycles. The summed E-state index contributed by atoms with van der Waals surface area (Å²) in [4.78, 5) is 51.1. The first-order valence-electron chi connectivity index (χ1n) is 11.2. The Hall–Kier alpha value is -3.28. The van der Waals surface area contributed by atoms with Gasteiger partial charge in [-0.2, -0.15) is 0 Å². The van der Waals surface area contributed by atoms with Crippen LogP contribution in [0.15, 0.2) is 23.5 Å². The van der Waals surface area contributed by atoms with Gasteiger partial charge in [-0.3, -0.25) is 19.2 Å². The van der Waals surface area contributed by atoms with E-state index in [4.69, 9.17) is 5.73 Å². The number of carbonyl (C=O) groups excluding carboxylic acids is 4. The molecular formula is C24H31N3O8. The monoisotopic (exact) mass is 489 g/mol. The Bertz CT molecular complexity index is 1110. The fraction of sp³-hybridized carbons (Fsp3) is 0.500. The molecule has 1 aromatic rings. The zero-order valence-corrected chi connectivity index (χ0v) is 19.9. The van der Waals surface area contributed by atoms with Crippen molar-refractivity contribution in [3.05, 3.63) is 40.2 Å². The highest BCUT2D eigenvalue weighted by Gasteiger charge is 2.58. The molecule has 0 radical (unpaired) electrons. The van der Waals surface area contributed by atoms with Crippen molar-refractivity contribution < 1.29 is 39.6 Å². The van der Waals surface area contributed by atoms with Crippen LogP contribution in [0.25, 0.3) is 0 Å². The van der Waals surface area contributed by atoms with E-state index in [0.717, 1.165) is 0 Å². The molecule has 7 N–H and O–H groups in total. The number of ketones is 2. The summed E-state index contributed by atoms with van der Waals surface area (Å²) in [7, 11) is 3.25. The van der Waals surface area contributed by atoms with Crippen LogP contribution in [0.3, 0.4) is 0 Å². The number of primary amides is 1. The number of aliphatic hydroxyl groups is 3. The predicted molar refractivity (Wildman–Crippen MR) is 123 cm³/mol. The number of nitrogens with two attached hydrogens (primary N) is 1. The molecule has 11 nitrogen and oxygen atoms in total. The minimum atomic E-state index is -2.64. The normalized spacial score (nSPS) is 24.6. The summed E-state index contributed by atoms with van der Waals surface area (Å²) in [5.74, 6) is -6.11. The number of hydrogen-bond acceptors (Lipinski definition) is 9. The summed E-state index contributed by atoms with van der Waals surface area (Å²) in [6.45, 7) is 0.992.